The molecule has 0 bridgehead atoms. The smallest absolute Gasteiger partial charge is 0.268 e. The fourth-order valence-electron chi connectivity index (χ4n) is 2.74. The molecule has 0 radical (unpaired) electrons. The Hall–Kier alpha value is -2.38. The summed E-state index contributed by atoms with van der Waals surface area (Å²) in [7, 11) is -1.54. The van der Waals surface area contributed by atoms with Crippen molar-refractivity contribution in [3.8, 4) is 0 Å². The zero-order valence-electron chi connectivity index (χ0n) is 14.5. The molecule has 0 aliphatic carbocycles. The molecule has 0 saturated heterocycles. The predicted molar refractivity (Wildman–Crippen MR) is 101 cm³/mol. The number of pyridine rings is 1. The van der Waals surface area contributed by atoms with Crippen LogP contribution in [0.4, 0.5) is 0 Å². The van der Waals surface area contributed by atoms with Gasteiger partial charge in [-0.1, -0.05) is 23.7 Å². The molecular weight excluding hydrogens is 374 g/mol. The van der Waals surface area contributed by atoms with Crippen LogP contribution in [0, 0.1) is 0 Å². The quantitative estimate of drug-likeness (QED) is 0.740. The van der Waals surface area contributed by atoms with Gasteiger partial charge >= 0.3 is 0 Å². The maximum absolute atomic E-state index is 12.6. The molecule has 0 aliphatic rings. The molecule has 2 aromatic heterocycles. The van der Waals surface area contributed by atoms with Gasteiger partial charge in [0.25, 0.3) is 5.91 Å². The molecule has 136 valence electrons. The number of nitrogens with zero attached hydrogens (tertiary/aromatic N) is 2. The lowest BCUT2D eigenvalue weighted by molar-refractivity contribution is 0.0932. The van der Waals surface area contributed by atoms with E-state index in [9.17, 15) is 13.2 Å². The Morgan fingerprint density at radius 1 is 1.23 bits per heavy atom. The van der Waals surface area contributed by atoms with E-state index >= 15 is 0 Å². The maximum Gasteiger partial charge on any atom is 0.268 e. The fourth-order valence-corrected chi connectivity index (χ4v) is 3.47. The van der Waals surface area contributed by atoms with Crippen LogP contribution in [0.3, 0.4) is 0 Å². The van der Waals surface area contributed by atoms with E-state index in [1.165, 1.54) is 12.3 Å². The molecule has 0 saturated carbocycles. The number of hydrogen-bond acceptors (Lipinski definition) is 4. The third-order valence-corrected chi connectivity index (χ3v) is 5.46. The normalized spacial score (nSPS) is 12.9. The second kappa shape index (κ2) is 6.74. The minimum absolute atomic E-state index is 0.00494. The van der Waals surface area contributed by atoms with Gasteiger partial charge in [-0.25, -0.2) is 13.4 Å². The Bertz CT molecular complexity index is 1090. The van der Waals surface area contributed by atoms with Crippen LogP contribution in [-0.2, 0) is 16.9 Å². The number of aryl methyl sites for hydroxylation is 1. The third kappa shape index (κ3) is 3.59. The molecule has 26 heavy (non-hydrogen) atoms. The summed E-state index contributed by atoms with van der Waals surface area (Å²) >= 11 is 6.02. The lowest BCUT2D eigenvalue weighted by Gasteiger charge is -2.14. The predicted octanol–water partition coefficient (Wildman–Crippen LogP) is 3.12. The van der Waals surface area contributed by atoms with Crippen LogP contribution in [-0.4, -0.2) is 30.1 Å². The molecular formula is C18H18ClN3O3S. The summed E-state index contributed by atoms with van der Waals surface area (Å²) in [4.78, 5) is 16.6. The van der Waals surface area contributed by atoms with E-state index in [-0.39, 0.29) is 17.0 Å². The highest BCUT2D eigenvalue weighted by atomic mass is 35.5. The number of carbonyl (C=O) groups is 1. The number of hydrogen-bond donors (Lipinski definition) is 1. The summed E-state index contributed by atoms with van der Waals surface area (Å²) in [5, 5.41) is 4.44. The van der Waals surface area contributed by atoms with Crippen LogP contribution in [0.25, 0.3) is 10.9 Å². The SMILES string of the molecule is CC(NC(=O)c1cc2ccc(Cl)cc2n1C)c1ccc(S(C)(=O)=O)nc1. The molecule has 0 fully saturated rings. The van der Waals surface area contributed by atoms with Gasteiger partial charge in [-0.3, -0.25) is 4.79 Å². The van der Waals surface area contributed by atoms with E-state index < -0.39 is 9.84 Å². The monoisotopic (exact) mass is 391 g/mol. The van der Waals surface area contributed by atoms with Crippen LogP contribution in [0.2, 0.25) is 5.02 Å². The largest absolute Gasteiger partial charge is 0.344 e. The van der Waals surface area contributed by atoms with Gasteiger partial charge < -0.3 is 9.88 Å². The number of nitrogens with one attached hydrogen (secondary N) is 1. The lowest BCUT2D eigenvalue weighted by atomic mass is 10.1. The number of sulfone groups is 1. The lowest BCUT2D eigenvalue weighted by Crippen LogP contribution is -2.28. The number of carbonyl (C=O) groups excluding carboxylic acids is 1. The number of rotatable bonds is 4. The first kappa shape index (κ1) is 18.4. The summed E-state index contributed by atoms with van der Waals surface area (Å²) in [6.45, 7) is 1.81. The summed E-state index contributed by atoms with van der Waals surface area (Å²) in [6.07, 6.45) is 2.56. The molecule has 2 heterocycles. The summed E-state index contributed by atoms with van der Waals surface area (Å²) in [5.74, 6) is -0.237. The zero-order chi connectivity index (χ0) is 19.1. The van der Waals surface area contributed by atoms with Crippen molar-refractivity contribution in [2.75, 3.05) is 6.26 Å². The van der Waals surface area contributed by atoms with Gasteiger partial charge in [0, 0.05) is 35.4 Å². The van der Waals surface area contributed by atoms with Crippen LogP contribution >= 0.6 is 11.6 Å². The molecule has 1 N–H and O–H groups in total. The van der Waals surface area contributed by atoms with Crippen molar-refractivity contribution in [3.63, 3.8) is 0 Å². The Kier molecular flexibility index (Phi) is 4.77. The Balaban J connectivity index is 1.82. The van der Waals surface area contributed by atoms with Crippen molar-refractivity contribution >= 4 is 38.2 Å². The summed E-state index contributed by atoms with van der Waals surface area (Å²) in [6, 6.07) is 10.0. The fraction of sp³-hybridized carbons (Fsp3) is 0.222. The van der Waals surface area contributed by atoms with E-state index in [4.69, 9.17) is 11.6 Å². The maximum atomic E-state index is 12.6. The van der Waals surface area contributed by atoms with E-state index in [1.807, 2.05) is 19.1 Å². The van der Waals surface area contributed by atoms with Crippen molar-refractivity contribution in [2.45, 2.75) is 18.0 Å². The first-order chi connectivity index (χ1) is 12.2. The highest BCUT2D eigenvalue weighted by Crippen LogP contribution is 2.23. The molecule has 0 spiro atoms. The highest BCUT2D eigenvalue weighted by Gasteiger charge is 2.17. The van der Waals surface area contributed by atoms with E-state index in [0.717, 1.165) is 17.2 Å². The minimum Gasteiger partial charge on any atom is -0.344 e. The second-order valence-corrected chi connectivity index (χ2v) is 8.59. The topological polar surface area (TPSA) is 81.1 Å². The molecule has 1 amide bonds. The van der Waals surface area contributed by atoms with Crippen molar-refractivity contribution < 1.29 is 13.2 Å². The minimum atomic E-state index is -3.35. The molecule has 0 aliphatic heterocycles. The van der Waals surface area contributed by atoms with E-state index in [2.05, 4.69) is 10.3 Å². The van der Waals surface area contributed by atoms with Crippen LogP contribution in [0.5, 0.6) is 0 Å². The van der Waals surface area contributed by atoms with Gasteiger partial charge in [0.05, 0.1) is 6.04 Å². The average molecular weight is 392 g/mol. The Morgan fingerprint density at radius 3 is 2.58 bits per heavy atom. The number of fused-ring (bicyclic) bond motifs is 1. The first-order valence-corrected chi connectivity index (χ1v) is 10.2. The van der Waals surface area contributed by atoms with E-state index in [1.54, 1.807) is 29.8 Å². The van der Waals surface area contributed by atoms with E-state index in [0.29, 0.717) is 16.3 Å². The number of amides is 1. The highest BCUT2D eigenvalue weighted by molar-refractivity contribution is 7.90. The van der Waals surface area contributed by atoms with Gasteiger partial charge in [-0.15, -0.1) is 0 Å². The number of halogens is 1. The third-order valence-electron chi connectivity index (χ3n) is 4.23. The molecule has 6 nitrogen and oxygen atoms in total. The summed E-state index contributed by atoms with van der Waals surface area (Å²) < 4.78 is 24.7. The molecule has 1 atom stereocenters. The van der Waals surface area contributed by atoms with Gasteiger partial charge in [0.2, 0.25) is 0 Å². The van der Waals surface area contributed by atoms with Gasteiger partial charge in [-0.05, 0) is 36.8 Å². The summed E-state index contributed by atoms with van der Waals surface area (Å²) in [5.41, 5.74) is 2.09. The molecule has 1 aromatic carbocycles. The van der Waals surface area contributed by atoms with Crippen molar-refractivity contribution in [3.05, 3.63) is 58.9 Å². The van der Waals surface area contributed by atoms with Crippen molar-refractivity contribution in [2.24, 2.45) is 7.05 Å². The number of aromatic nitrogens is 2. The average Bonchev–Trinajstić information content (AvgIpc) is 2.91. The van der Waals surface area contributed by atoms with Gasteiger partial charge in [0.1, 0.15) is 5.69 Å². The number of benzene rings is 1. The molecule has 1 unspecified atom stereocenters. The Morgan fingerprint density at radius 2 is 1.96 bits per heavy atom. The van der Waals surface area contributed by atoms with Crippen LogP contribution in [0.15, 0.2) is 47.6 Å². The Labute approximate surface area is 156 Å². The van der Waals surface area contributed by atoms with Gasteiger partial charge in [0.15, 0.2) is 14.9 Å². The van der Waals surface area contributed by atoms with Crippen LogP contribution < -0.4 is 5.32 Å². The standard InChI is InChI=1S/C18H18ClN3O3S/c1-11(13-5-7-17(20-10-13)26(3,24)25)21-18(23)16-8-12-4-6-14(19)9-15(12)22(16)2/h4-11H,1-3H3,(H,21,23). The molecule has 8 heteroatoms. The van der Waals surface area contributed by atoms with Crippen molar-refractivity contribution in [1.82, 2.24) is 14.9 Å². The zero-order valence-corrected chi connectivity index (χ0v) is 16.1. The van der Waals surface area contributed by atoms with Gasteiger partial charge in [-0.2, -0.15) is 0 Å². The molecule has 3 aromatic rings. The van der Waals surface area contributed by atoms with Crippen LogP contribution in [0.1, 0.15) is 29.0 Å². The van der Waals surface area contributed by atoms with Crippen molar-refractivity contribution in [1.29, 1.82) is 0 Å². The second-order valence-electron chi connectivity index (χ2n) is 6.19. The molecule has 3 rings (SSSR count). The first-order valence-electron chi connectivity index (χ1n) is 7.88.